The number of nitrogens with two attached hydrogens (primary N) is 6. The number of fused-ring (bicyclic) bond motifs is 1. The topological polar surface area (TPSA) is 260 Å². The molecule has 1 atom stereocenters. The Labute approximate surface area is 186 Å². The number of rotatable bonds is 5. The molecule has 1 heterocycles. The zero-order valence-corrected chi connectivity index (χ0v) is 18.5. The lowest BCUT2D eigenvalue weighted by molar-refractivity contribution is 0.422. The van der Waals surface area contributed by atoms with Crippen LogP contribution in [0, 0.1) is 5.41 Å². The third-order valence-electron chi connectivity index (χ3n) is 5.15. The fourth-order valence-corrected chi connectivity index (χ4v) is 6.86. The van der Waals surface area contributed by atoms with Crippen molar-refractivity contribution in [2.75, 3.05) is 5.73 Å². The lowest BCUT2D eigenvalue weighted by Crippen LogP contribution is -2.42. The Hall–Kier alpha value is -2.88. The number of benzene rings is 2. The first-order chi connectivity index (χ1) is 15.1. The highest BCUT2D eigenvalue weighted by Gasteiger charge is 2.36. The lowest BCUT2D eigenvalue weighted by atomic mass is 9.93. The van der Waals surface area contributed by atoms with Crippen LogP contribution in [0.15, 0.2) is 40.1 Å². The zero-order chi connectivity index (χ0) is 23.8. The highest BCUT2D eigenvalue weighted by molar-refractivity contribution is 7.91. The number of imidazole rings is 1. The van der Waals surface area contributed by atoms with E-state index < -0.39 is 31.6 Å². The number of amidine groups is 1. The van der Waals surface area contributed by atoms with E-state index in [1.807, 2.05) is 0 Å². The van der Waals surface area contributed by atoms with Crippen molar-refractivity contribution < 1.29 is 12.6 Å². The first-order valence-corrected chi connectivity index (χ1v) is 12.1. The fraction of sp³-hybridized carbons (Fsp3) is 0.222. The molecule has 0 bridgehead atoms. The number of primary sulfonamides is 1. The van der Waals surface area contributed by atoms with Gasteiger partial charge in [-0.15, -0.1) is 0 Å². The molecule has 0 aliphatic heterocycles. The van der Waals surface area contributed by atoms with Crippen LogP contribution >= 0.6 is 0 Å². The second-order valence-corrected chi connectivity index (χ2v) is 10.4. The molecule has 1 aliphatic carbocycles. The summed E-state index contributed by atoms with van der Waals surface area (Å²) in [5.74, 6) is 7.67. The van der Waals surface area contributed by atoms with Gasteiger partial charge in [-0.1, -0.05) is 18.2 Å². The molecule has 14 heteroatoms. The van der Waals surface area contributed by atoms with Crippen molar-refractivity contribution in [2.24, 2.45) is 28.3 Å². The number of nitrogens with one attached hydrogen (secondary N) is 2. The van der Waals surface area contributed by atoms with Gasteiger partial charge in [0.05, 0.1) is 26.7 Å². The highest BCUT2D eigenvalue weighted by Crippen LogP contribution is 2.38. The molecule has 4 rings (SSSR count). The van der Waals surface area contributed by atoms with Gasteiger partial charge in [-0.05, 0) is 30.5 Å². The molecule has 1 unspecified atom stereocenters. The Balaban J connectivity index is 0.00000141. The van der Waals surface area contributed by atoms with Crippen molar-refractivity contribution in [1.29, 1.82) is 5.41 Å². The summed E-state index contributed by atoms with van der Waals surface area (Å²) in [6.45, 7) is 0. The van der Waals surface area contributed by atoms with Gasteiger partial charge in [0.15, 0.2) is 5.95 Å². The highest BCUT2D eigenvalue weighted by atomic mass is 32.2. The van der Waals surface area contributed by atoms with Gasteiger partial charge in [0.1, 0.15) is 10.7 Å². The third kappa shape index (κ3) is 4.23. The number of H-pyrrole nitrogens is 1. The second-order valence-electron chi connectivity index (χ2n) is 7.25. The second kappa shape index (κ2) is 8.93. The van der Waals surface area contributed by atoms with Gasteiger partial charge in [-0.3, -0.25) is 21.3 Å². The van der Waals surface area contributed by atoms with E-state index in [0.29, 0.717) is 35.0 Å². The number of aromatic nitrogens is 2. The van der Waals surface area contributed by atoms with Crippen molar-refractivity contribution in [2.45, 2.75) is 33.9 Å². The molecule has 172 valence electrons. The smallest absolute Gasteiger partial charge is 0.240 e. The van der Waals surface area contributed by atoms with Crippen LogP contribution in [-0.4, -0.2) is 39.7 Å². The van der Waals surface area contributed by atoms with Crippen molar-refractivity contribution in [1.82, 2.24) is 9.97 Å². The van der Waals surface area contributed by atoms with E-state index in [-0.39, 0.29) is 27.7 Å². The maximum absolute atomic E-state index is 13.1. The van der Waals surface area contributed by atoms with Crippen LogP contribution in [0.4, 0.5) is 5.95 Å². The van der Waals surface area contributed by atoms with Crippen LogP contribution in [-0.2, 0) is 20.8 Å². The molecule has 1 aliphatic rings. The molecule has 1 aromatic heterocycles. The van der Waals surface area contributed by atoms with Gasteiger partial charge in [0.25, 0.3) is 0 Å². The number of anilines is 1. The average molecular weight is 480 g/mol. The summed E-state index contributed by atoms with van der Waals surface area (Å²) in [7, 11) is -6.03. The van der Waals surface area contributed by atoms with Gasteiger partial charge < -0.3 is 22.2 Å². The molecule has 0 radical (unpaired) electrons. The van der Waals surface area contributed by atoms with Crippen LogP contribution in [0.3, 0.4) is 0 Å². The number of hydrogen-bond acceptors (Lipinski definition) is 9. The first-order valence-electron chi connectivity index (χ1n) is 9.36. The van der Waals surface area contributed by atoms with Crippen LogP contribution in [0.5, 0.6) is 0 Å². The maximum Gasteiger partial charge on any atom is 0.240 e. The summed E-state index contributed by atoms with van der Waals surface area (Å²) in [6.07, 6.45) is 1.03. The van der Waals surface area contributed by atoms with Crippen LogP contribution in [0.25, 0.3) is 22.2 Å². The molecular weight excluding hydrogens is 454 g/mol. The first kappa shape index (κ1) is 23.8. The monoisotopic (exact) mass is 479 g/mol. The predicted octanol–water partition coefficient (Wildman–Crippen LogP) is -0.840. The number of sulfonamides is 1. The summed E-state index contributed by atoms with van der Waals surface area (Å²) in [5, 5.41) is 13.3. The van der Waals surface area contributed by atoms with E-state index >= 15 is 0 Å². The van der Waals surface area contributed by atoms with Crippen LogP contribution < -0.4 is 34.0 Å². The number of nitrogens with zero attached hydrogens (tertiary/aromatic N) is 1. The molecule has 1 saturated carbocycles. The van der Waals surface area contributed by atoms with E-state index in [9.17, 15) is 12.6 Å². The standard InChI is InChI=1S/C18H21N7O3S2.H4N2/c19-8-6-9(7-8)29(26)13-5-4-10(14(17(20)21)16(13)30(23,27)28)11-2-1-3-12-15(11)25-18(22)24-12;1-2/h1-5,8-9H,6-7,19H2,(H3,20,21)(H3,22,24,25)(H2,23,27,28);1-2H2. The van der Waals surface area contributed by atoms with Crippen molar-refractivity contribution in [3.8, 4) is 11.1 Å². The molecule has 0 saturated heterocycles. The Morgan fingerprint density at radius 3 is 2.38 bits per heavy atom. The summed E-state index contributed by atoms with van der Waals surface area (Å²) in [5.41, 5.74) is 19.2. The van der Waals surface area contributed by atoms with E-state index in [2.05, 4.69) is 21.7 Å². The average Bonchev–Trinajstić information content (AvgIpc) is 3.10. The summed E-state index contributed by atoms with van der Waals surface area (Å²) in [6, 6.07) is 8.18. The Bertz CT molecular complexity index is 1310. The van der Waals surface area contributed by atoms with Gasteiger partial charge in [0, 0.05) is 22.4 Å². The summed E-state index contributed by atoms with van der Waals surface area (Å²) >= 11 is 0. The fourth-order valence-electron chi connectivity index (χ4n) is 3.73. The van der Waals surface area contributed by atoms with Gasteiger partial charge in [-0.25, -0.2) is 18.5 Å². The lowest BCUT2D eigenvalue weighted by Gasteiger charge is -2.32. The Morgan fingerprint density at radius 2 is 1.81 bits per heavy atom. The normalized spacial score (nSPS) is 19.0. The van der Waals surface area contributed by atoms with Gasteiger partial charge in [0.2, 0.25) is 10.0 Å². The minimum atomic E-state index is -4.36. The number of hydrogen-bond donors (Lipinski definition) is 8. The van der Waals surface area contributed by atoms with E-state index in [1.165, 1.54) is 6.07 Å². The Morgan fingerprint density at radius 1 is 1.16 bits per heavy atom. The van der Waals surface area contributed by atoms with E-state index in [4.69, 9.17) is 27.7 Å². The summed E-state index contributed by atoms with van der Waals surface area (Å²) < 4.78 is 38.2. The Kier molecular flexibility index (Phi) is 6.64. The van der Waals surface area contributed by atoms with E-state index in [1.54, 1.807) is 24.3 Å². The quantitative estimate of drug-likeness (QED) is 0.0979. The molecule has 0 amide bonds. The minimum Gasteiger partial charge on any atom is -0.384 e. The molecule has 3 aromatic rings. The van der Waals surface area contributed by atoms with Crippen molar-refractivity contribution in [3.63, 3.8) is 0 Å². The third-order valence-corrected chi connectivity index (χ3v) is 8.03. The molecule has 1 fully saturated rings. The molecule has 2 aromatic carbocycles. The van der Waals surface area contributed by atoms with Gasteiger partial charge in [-0.2, -0.15) is 0 Å². The molecule has 32 heavy (non-hydrogen) atoms. The predicted molar refractivity (Wildman–Crippen MR) is 124 cm³/mol. The number of nitrogen functional groups attached to an aromatic ring is 2. The van der Waals surface area contributed by atoms with Crippen molar-refractivity contribution >= 4 is 43.6 Å². The summed E-state index contributed by atoms with van der Waals surface area (Å²) in [4.78, 5) is 6.77. The minimum absolute atomic E-state index is 0.0251. The molecular formula is C18H25N9O3S2. The molecule has 14 N–H and O–H groups in total. The van der Waals surface area contributed by atoms with Crippen LogP contribution in [0.1, 0.15) is 18.4 Å². The molecule has 12 nitrogen and oxygen atoms in total. The van der Waals surface area contributed by atoms with Crippen LogP contribution in [0.2, 0.25) is 0 Å². The van der Waals surface area contributed by atoms with Gasteiger partial charge >= 0.3 is 0 Å². The zero-order valence-electron chi connectivity index (χ0n) is 16.9. The largest absolute Gasteiger partial charge is 0.384 e. The number of hydrazine groups is 1. The maximum atomic E-state index is 13.1. The SMILES string of the molecule is N=C(N)c1c(-c2cccc3[nH]c(N)nc23)ccc(S(=O)C2CC(N)C2)c1S(N)(=O)=O.NN. The molecule has 0 spiro atoms. The number of para-hydroxylation sites is 1. The van der Waals surface area contributed by atoms with Crippen molar-refractivity contribution in [3.05, 3.63) is 35.9 Å². The number of aromatic amines is 1. The van der Waals surface area contributed by atoms with E-state index in [0.717, 1.165) is 0 Å².